The Morgan fingerprint density at radius 3 is 2.80 bits per heavy atom. The SMILES string of the molecule is N#C[C@@H](c1cncs1)[C@H](CCO)c1cc(F)ccc1F. The van der Waals surface area contributed by atoms with Crippen LogP contribution >= 0.6 is 11.3 Å². The Hall–Kier alpha value is -1.84. The van der Waals surface area contributed by atoms with E-state index in [1.165, 1.54) is 11.3 Å². The maximum Gasteiger partial charge on any atom is 0.126 e. The lowest BCUT2D eigenvalue weighted by Crippen LogP contribution is -2.13. The van der Waals surface area contributed by atoms with Gasteiger partial charge >= 0.3 is 0 Å². The maximum absolute atomic E-state index is 13.9. The molecule has 0 aliphatic carbocycles. The van der Waals surface area contributed by atoms with Gasteiger partial charge in [-0.3, -0.25) is 4.98 Å². The maximum atomic E-state index is 13.9. The van der Waals surface area contributed by atoms with Crippen LogP contribution in [0.3, 0.4) is 0 Å². The van der Waals surface area contributed by atoms with E-state index in [0.717, 1.165) is 18.2 Å². The molecule has 3 nitrogen and oxygen atoms in total. The van der Waals surface area contributed by atoms with E-state index in [2.05, 4.69) is 11.1 Å². The summed E-state index contributed by atoms with van der Waals surface area (Å²) in [5.74, 6) is -2.41. The largest absolute Gasteiger partial charge is 0.396 e. The number of thiazole rings is 1. The zero-order chi connectivity index (χ0) is 14.5. The van der Waals surface area contributed by atoms with Crippen LogP contribution in [0.1, 0.15) is 28.7 Å². The molecule has 2 atom stereocenters. The molecule has 20 heavy (non-hydrogen) atoms. The molecular formula is C14H12F2N2OS. The number of aromatic nitrogens is 1. The van der Waals surface area contributed by atoms with Crippen molar-refractivity contribution in [1.82, 2.24) is 4.98 Å². The number of aliphatic hydroxyl groups excluding tert-OH is 1. The smallest absolute Gasteiger partial charge is 0.126 e. The van der Waals surface area contributed by atoms with Crippen LogP contribution in [0.4, 0.5) is 8.78 Å². The number of benzene rings is 1. The second kappa shape index (κ2) is 6.55. The third-order valence-electron chi connectivity index (χ3n) is 3.10. The second-order valence-electron chi connectivity index (χ2n) is 4.30. The van der Waals surface area contributed by atoms with Crippen molar-refractivity contribution in [3.8, 4) is 6.07 Å². The van der Waals surface area contributed by atoms with Gasteiger partial charge in [-0.1, -0.05) is 0 Å². The first-order valence-corrected chi connectivity index (χ1v) is 6.89. The van der Waals surface area contributed by atoms with Gasteiger partial charge in [0.1, 0.15) is 11.6 Å². The van der Waals surface area contributed by atoms with Gasteiger partial charge in [0.15, 0.2) is 0 Å². The fourth-order valence-electron chi connectivity index (χ4n) is 2.17. The molecule has 0 bridgehead atoms. The number of aliphatic hydroxyl groups is 1. The minimum atomic E-state index is -0.661. The van der Waals surface area contributed by atoms with Crippen LogP contribution in [-0.4, -0.2) is 16.7 Å². The van der Waals surface area contributed by atoms with E-state index in [1.807, 2.05) is 0 Å². The molecule has 0 spiro atoms. The lowest BCUT2D eigenvalue weighted by Gasteiger charge is -2.21. The van der Waals surface area contributed by atoms with Crippen LogP contribution in [-0.2, 0) is 0 Å². The number of rotatable bonds is 5. The Bertz CT molecular complexity index is 610. The molecule has 0 aliphatic heterocycles. The average Bonchev–Trinajstić information content (AvgIpc) is 2.95. The predicted octanol–water partition coefficient (Wildman–Crippen LogP) is 3.19. The third-order valence-corrected chi connectivity index (χ3v) is 3.96. The summed E-state index contributed by atoms with van der Waals surface area (Å²) in [7, 11) is 0. The van der Waals surface area contributed by atoms with Gasteiger partial charge in [0.2, 0.25) is 0 Å². The summed E-state index contributed by atoms with van der Waals surface area (Å²) in [6.45, 7) is -0.211. The van der Waals surface area contributed by atoms with Crippen molar-refractivity contribution in [1.29, 1.82) is 5.26 Å². The molecule has 0 amide bonds. The van der Waals surface area contributed by atoms with Gasteiger partial charge in [0.25, 0.3) is 0 Å². The van der Waals surface area contributed by atoms with Crippen LogP contribution in [0.5, 0.6) is 0 Å². The summed E-state index contributed by atoms with van der Waals surface area (Å²) < 4.78 is 27.2. The first-order valence-electron chi connectivity index (χ1n) is 6.01. The van der Waals surface area contributed by atoms with Crippen LogP contribution in [0.2, 0.25) is 0 Å². The Labute approximate surface area is 119 Å². The highest BCUT2D eigenvalue weighted by atomic mass is 32.1. The highest BCUT2D eigenvalue weighted by Crippen LogP contribution is 2.38. The molecule has 0 radical (unpaired) electrons. The van der Waals surface area contributed by atoms with Crippen molar-refractivity contribution < 1.29 is 13.9 Å². The molecule has 2 rings (SSSR count). The monoisotopic (exact) mass is 294 g/mol. The Morgan fingerprint density at radius 1 is 1.40 bits per heavy atom. The average molecular weight is 294 g/mol. The molecule has 1 N–H and O–H groups in total. The van der Waals surface area contributed by atoms with Gasteiger partial charge in [-0.25, -0.2) is 8.78 Å². The van der Waals surface area contributed by atoms with Crippen LogP contribution in [0.25, 0.3) is 0 Å². The van der Waals surface area contributed by atoms with E-state index >= 15 is 0 Å². The predicted molar refractivity (Wildman–Crippen MR) is 71.3 cm³/mol. The highest BCUT2D eigenvalue weighted by molar-refractivity contribution is 7.09. The van der Waals surface area contributed by atoms with Gasteiger partial charge in [-0.05, 0) is 30.2 Å². The lowest BCUT2D eigenvalue weighted by atomic mass is 9.83. The molecule has 0 saturated carbocycles. The zero-order valence-electron chi connectivity index (χ0n) is 10.5. The summed E-state index contributed by atoms with van der Waals surface area (Å²) in [6, 6.07) is 5.26. The fraction of sp³-hybridized carbons (Fsp3) is 0.286. The van der Waals surface area contributed by atoms with E-state index in [1.54, 1.807) is 11.7 Å². The van der Waals surface area contributed by atoms with Crippen LogP contribution in [0, 0.1) is 23.0 Å². The normalized spacial score (nSPS) is 13.7. The topological polar surface area (TPSA) is 56.9 Å². The van der Waals surface area contributed by atoms with E-state index in [-0.39, 0.29) is 18.6 Å². The molecule has 6 heteroatoms. The van der Waals surface area contributed by atoms with Gasteiger partial charge in [0, 0.05) is 23.6 Å². The van der Waals surface area contributed by atoms with Crippen molar-refractivity contribution in [3.63, 3.8) is 0 Å². The quantitative estimate of drug-likeness (QED) is 0.921. The Morgan fingerprint density at radius 2 is 2.20 bits per heavy atom. The minimum Gasteiger partial charge on any atom is -0.396 e. The van der Waals surface area contributed by atoms with Gasteiger partial charge in [0.05, 0.1) is 17.5 Å². The summed E-state index contributed by atoms with van der Waals surface area (Å²) in [4.78, 5) is 4.58. The molecule has 2 aromatic rings. The molecule has 1 heterocycles. The Balaban J connectivity index is 2.45. The van der Waals surface area contributed by atoms with Crippen molar-refractivity contribution >= 4 is 11.3 Å². The molecule has 1 aromatic heterocycles. The van der Waals surface area contributed by atoms with Gasteiger partial charge < -0.3 is 5.11 Å². The standard InChI is InChI=1S/C14H12F2N2OS/c15-9-1-2-13(16)11(5-9)10(3-4-19)12(6-17)14-7-18-8-20-14/h1-2,5,7-8,10,12,19H,3-4H2/t10-,12-/m1/s1. The van der Waals surface area contributed by atoms with Crippen molar-refractivity contribution in [2.75, 3.05) is 6.61 Å². The molecular weight excluding hydrogens is 282 g/mol. The minimum absolute atomic E-state index is 0.110. The van der Waals surface area contributed by atoms with E-state index in [0.29, 0.717) is 4.88 Å². The third kappa shape index (κ3) is 3.00. The Kier molecular flexibility index (Phi) is 4.77. The number of nitrogens with zero attached hydrogens (tertiary/aromatic N) is 2. The van der Waals surface area contributed by atoms with Gasteiger partial charge in [-0.15, -0.1) is 11.3 Å². The van der Waals surface area contributed by atoms with E-state index in [4.69, 9.17) is 5.11 Å². The summed E-state index contributed by atoms with van der Waals surface area (Å²) in [5, 5.41) is 18.5. The van der Waals surface area contributed by atoms with Crippen molar-refractivity contribution in [3.05, 3.63) is 52.0 Å². The zero-order valence-corrected chi connectivity index (χ0v) is 11.3. The first-order chi connectivity index (χ1) is 9.67. The molecule has 1 aromatic carbocycles. The summed E-state index contributed by atoms with van der Waals surface area (Å²) in [5.41, 5.74) is 1.69. The summed E-state index contributed by atoms with van der Waals surface area (Å²) in [6.07, 6.45) is 1.72. The van der Waals surface area contributed by atoms with Crippen molar-refractivity contribution in [2.24, 2.45) is 0 Å². The fourth-order valence-corrected chi connectivity index (χ4v) is 2.90. The molecule has 104 valence electrons. The summed E-state index contributed by atoms with van der Waals surface area (Å²) >= 11 is 1.28. The van der Waals surface area contributed by atoms with Gasteiger partial charge in [-0.2, -0.15) is 5.26 Å². The number of nitriles is 1. The molecule has 0 unspecified atom stereocenters. The van der Waals surface area contributed by atoms with Crippen molar-refractivity contribution in [2.45, 2.75) is 18.3 Å². The number of hydrogen-bond donors (Lipinski definition) is 1. The molecule has 0 fully saturated rings. The van der Waals surface area contributed by atoms with E-state index < -0.39 is 23.5 Å². The molecule has 0 aliphatic rings. The van der Waals surface area contributed by atoms with Crippen LogP contribution < -0.4 is 0 Å². The second-order valence-corrected chi connectivity index (χ2v) is 5.21. The number of hydrogen-bond acceptors (Lipinski definition) is 4. The number of halogens is 2. The first kappa shape index (κ1) is 14.6. The lowest BCUT2D eigenvalue weighted by molar-refractivity contribution is 0.271. The molecule has 0 saturated heterocycles. The van der Waals surface area contributed by atoms with Crippen LogP contribution in [0.15, 0.2) is 29.9 Å². The van der Waals surface area contributed by atoms with E-state index in [9.17, 15) is 14.0 Å². The highest BCUT2D eigenvalue weighted by Gasteiger charge is 2.28.